The first kappa shape index (κ1) is 22.9. The van der Waals surface area contributed by atoms with Gasteiger partial charge in [-0.3, -0.25) is 14.9 Å². The first-order valence-electron chi connectivity index (χ1n) is 10.1. The number of nitro benzene ring substituents is 1. The van der Waals surface area contributed by atoms with Crippen molar-refractivity contribution >= 4 is 29.2 Å². The molecule has 1 amide bonds. The molecule has 0 unspecified atom stereocenters. The molecule has 0 aliphatic carbocycles. The Morgan fingerprint density at radius 3 is 2.67 bits per heavy atom. The summed E-state index contributed by atoms with van der Waals surface area (Å²) in [7, 11) is 0. The third-order valence-electron chi connectivity index (χ3n) is 4.70. The van der Waals surface area contributed by atoms with E-state index in [1.807, 2.05) is 38.1 Å². The summed E-state index contributed by atoms with van der Waals surface area (Å²) in [5, 5.41) is 18.3. The molecular weight excluding hydrogens is 382 g/mol. The first-order chi connectivity index (χ1) is 14.5. The van der Waals surface area contributed by atoms with Gasteiger partial charge in [0, 0.05) is 42.2 Å². The molecule has 0 aliphatic rings. The molecule has 0 heterocycles. The van der Waals surface area contributed by atoms with Gasteiger partial charge in [-0.25, -0.2) is 5.43 Å². The van der Waals surface area contributed by atoms with Crippen molar-refractivity contribution in [1.29, 1.82) is 0 Å². The quantitative estimate of drug-likeness (QED) is 0.329. The van der Waals surface area contributed by atoms with Gasteiger partial charge in [0.1, 0.15) is 0 Å². The Labute approximate surface area is 177 Å². The fourth-order valence-electron chi connectivity index (χ4n) is 3.00. The van der Waals surface area contributed by atoms with E-state index in [4.69, 9.17) is 0 Å². The highest BCUT2D eigenvalue weighted by Gasteiger charge is 2.14. The fourth-order valence-corrected chi connectivity index (χ4v) is 3.00. The average Bonchev–Trinajstić information content (AvgIpc) is 2.74. The van der Waals surface area contributed by atoms with E-state index in [1.165, 1.54) is 18.3 Å². The number of amides is 1. The molecule has 0 fully saturated rings. The van der Waals surface area contributed by atoms with Crippen molar-refractivity contribution in [3.8, 4) is 0 Å². The van der Waals surface area contributed by atoms with Crippen LogP contribution in [0.1, 0.15) is 37.8 Å². The summed E-state index contributed by atoms with van der Waals surface area (Å²) in [6.45, 7) is 7.80. The van der Waals surface area contributed by atoms with Crippen LogP contribution in [0.4, 0.5) is 17.1 Å². The van der Waals surface area contributed by atoms with Crippen molar-refractivity contribution in [3.05, 3.63) is 63.7 Å². The van der Waals surface area contributed by atoms with E-state index in [1.54, 1.807) is 6.07 Å². The van der Waals surface area contributed by atoms with Crippen LogP contribution in [-0.2, 0) is 4.79 Å². The highest BCUT2D eigenvalue weighted by atomic mass is 16.6. The Morgan fingerprint density at radius 1 is 1.23 bits per heavy atom. The second-order valence-electron chi connectivity index (χ2n) is 6.90. The zero-order chi connectivity index (χ0) is 21.9. The molecular formula is C22H29N5O3. The highest BCUT2D eigenvalue weighted by Crippen LogP contribution is 2.24. The molecule has 2 N–H and O–H groups in total. The molecule has 8 nitrogen and oxygen atoms in total. The maximum absolute atomic E-state index is 12.1. The Kier molecular flexibility index (Phi) is 8.80. The van der Waals surface area contributed by atoms with Gasteiger partial charge in [0.15, 0.2) is 0 Å². The van der Waals surface area contributed by atoms with Crippen LogP contribution in [0, 0.1) is 17.0 Å². The standard InChI is InChI=1S/C22H29N5O3/c1-4-6-13-26(5-2)21-12-11-19(27(29)30)14-18(21)15-24-25-22(28)16-23-20-10-8-7-9-17(20)3/h7-12,14-15,23H,4-6,13,16H2,1-3H3,(H,25,28)/b24-15-. The molecule has 0 aliphatic heterocycles. The van der Waals surface area contributed by atoms with Crippen molar-refractivity contribution in [2.45, 2.75) is 33.6 Å². The van der Waals surface area contributed by atoms with E-state index in [-0.39, 0.29) is 18.1 Å². The Bertz CT molecular complexity index is 898. The van der Waals surface area contributed by atoms with Gasteiger partial charge < -0.3 is 10.2 Å². The van der Waals surface area contributed by atoms with E-state index in [0.717, 1.165) is 42.9 Å². The maximum atomic E-state index is 12.1. The minimum Gasteiger partial charge on any atom is -0.376 e. The molecule has 0 spiro atoms. The second kappa shape index (κ2) is 11.5. The number of carbonyl (C=O) groups is 1. The SMILES string of the molecule is CCCCN(CC)c1ccc([N+](=O)[O-])cc1/C=N\NC(=O)CNc1ccccc1C. The van der Waals surface area contributed by atoms with Gasteiger partial charge in [0.25, 0.3) is 11.6 Å². The fraction of sp³-hybridized carbons (Fsp3) is 0.364. The van der Waals surface area contributed by atoms with Gasteiger partial charge in [-0.1, -0.05) is 31.5 Å². The molecule has 2 aromatic carbocycles. The number of hydrazone groups is 1. The number of nitrogens with zero attached hydrogens (tertiary/aromatic N) is 3. The van der Waals surface area contributed by atoms with Crippen LogP contribution in [0.2, 0.25) is 0 Å². The van der Waals surface area contributed by atoms with E-state index in [2.05, 4.69) is 27.7 Å². The molecule has 0 aromatic heterocycles. The lowest BCUT2D eigenvalue weighted by Crippen LogP contribution is -2.27. The molecule has 0 saturated carbocycles. The highest BCUT2D eigenvalue weighted by molar-refractivity contribution is 5.90. The summed E-state index contributed by atoms with van der Waals surface area (Å²) < 4.78 is 0. The number of rotatable bonds is 11. The van der Waals surface area contributed by atoms with Crippen LogP contribution in [0.15, 0.2) is 47.6 Å². The molecule has 0 atom stereocenters. The minimum absolute atomic E-state index is 0.0145. The number of carbonyl (C=O) groups excluding carboxylic acids is 1. The Hall–Kier alpha value is -3.42. The predicted octanol–water partition coefficient (Wildman–Crippen LogP) is 4.09. The zero-order valence-corrected chi connectivity index (χ0v) is 17.7. The number of unbranched alkanes of at least 4 members (excludes halogenated alkanes) is 1. The van der Waals surface area contributed by atoms with Gasteiger partial charge in [0.05, 0.1) is 17.7 Å². The predicted molar refractivity (Wildman–Crippen MR) is 121 cm³/mol. The molecule has 8 heteroatoms. The minimum atomic E-state index is -0.436. The second-order valence-corrected chi connectivity index (χ2v) is 6.90. The van der Waals surface area contributed by atoms with E-state index in [0.29, 0.717) is 5.56 Å². The number of hydrogen-bond donors (Lipinski definition) is 2. The van der Waals surface area contributed by atoms with Crippen molar-refractivity contribution in [2.75, 3.05) is 29.9 Å². The van der Waals surface area contributed by atoms with Gasteiger partial charge in [-0.05, 0) is 38.0 Å². The number of anilines is 2. The van der Waals surface area contributed by atoms with Crippen LogP contribution in [0.25, 0.3) is 0 Å². The average molecular weight is 412 g/mol. The lowest BCUT2D eigenvalue weighted by atomic mass is 10.1. The summed E-state index contributed by atoms with van der Waals surface area (Å²) in [6.07, 6.45) is 3.53. The number of benzene rings is 2. The monoisotopic (exact) mass is 411 g/mol. The van der Waals surface area contributed by atoms with Gasteiger partial charge in [-0.2, -0.15) is 5.10 Å². The van der Waals surface area contributed by atoms with E-state index < -0.39 is 4.92 Å². The van der Waals surface area contributed by atoms with Crippen molar-refractivity contribution in [3.63, 3.8) is 0 Å². The van der Waals surface area contributed by atoms with E-state index >= 15 is 0 Å². The third-order valence-corrected chi connectivity index (χ3v) is 4.70. The molecule has 0 bridgehead atoms. The molecule has 30 heavy (non-hydrogen) atoms. The van der Waals surface area contributed by atoms with Crippen LogP contribution in [0.5, 0.6) is 0 Å². The number of nitrogens with one attached hydrogen (secondary N) is 2. The normalized spacial score (nSPS) is 10.8. The molecule has 0 radical (unpaired) electrons. The van der Waals surface area contributed by atoms with Crippen LogP contribution < -0.4 is 15.6 Å². The van der Waals surface area contributed by atoms with Gasteiger partial charge >= 0.3 is 0 Å². The zero-order valence-electron chi connectivity index (χ0n) is 17.7. The molecule has 2 rings (SSSR count). The summed E-state index contributed by atoms with van der Waals surface area (Å²) in [4.78, 5) is 25.0. The molecule has 2 aromatic rings. The van der Waals surface area contributed by atoms with Crippen molar-refractivity contribution in [1.82, 2.24) is 5.43 Å². The molecule has 160 valence electrons. The molecule has 0 saturated heterocycles. The maximum Gasteiger partial charge on any atom is 0.270 e. The Balaban J connectivity index is 2.09. The largest absolute Gasteiger partial charge is 0.376 e. The summed E-state index contributed by atoms with van der Waals surface area (Å²) in [6, 6.07) is 12.4. The first-order valence-corrected chi connectivity index (χ1v) is 10.1. The number of nitro groups is 1. The van der Waals surface area contributed by atoms with Crippen LogP contribution >= 0.6 is 0 Å². The topological polar surface area (TPSA) is 99.9 Å². The van der Waals surface area contributed by atoms with E-state index in [9.17, 15) is 14.9 Å². The number of para-hydroxylation sites is 1. The lowest BCUT2D eigenvalue weighted by Gasteiger charge is -2.24. The van der Waals surface area contributed by atoms with Crippen LogP contribution in [0.3, 0.4) is 0 Å². The number of aryl methyl sites for hydroxylation is 1. The summed E-state index contributed by atoms with van der Waals surface area (Å²) >= 11 is 0. The van der Waals surface area contributed by atoms with Gasteiger partial charge in [-0.15, -0.1) is 0 Å². The van der Waals surface area contributed by atoms with Gasteiger partial charge in [0.2, 0.25) is 0 Å². The smallest absolute Gasteiger partial charge is 0.270 e. The number of non-ortho nitro benzene ring substituents is 1. The van der Waals surface area contributed by atoms with Crippen molar-refractivity contribution < 1.29 is 9.72 Å². The van der Waals surface area contributed by atoms with Crippen LogP contribution in [-0.4, -0.2) is 36.7 Å². The number of hydrogen-bond acceptors (Lipinski definition) is 6. The van der Waals surface area contributed by atoms with Crippen molar-refractivity contribution in [2.24, 2.45) is 5.10 Å². The lowest BCUT2D eigenvalue weighted by molar-refractivity contribution is -0.384. The Morgan fingerprint density at radius 2 is 2.00 bits per heavy atom. The summed E-state index contributed by atoms with van der Waals surface area (Å²) in [5.74, 6) is -0.306. The summed E-state index contributed by atoms with van der Waals surface area (Å²) in [5.41, 5.74) is 5.83. The third kappa shape index (κ3) is 6.58.